The third-order valence-corrected chi connectivity index (χ3v) is 4.49. The maximum Gasteiger partial charge on any atom is 0.240 e. The van der Waals surface area contributed by atoms with E-state index in [0.29, 0.717) is 18.9 Å². The van der Waals surface area contributed by atoms with E-state index in [0.717, 1.165) is 11.1 Å². The lowest BCUT2D eigenvalue weighted by Crippen LogP contribution is -2.26. The van der Waals surface area contributed by atoms with Crippen molar-refractivity contribution in [3.05, 3.63) is 41.5 Å². The van der Waals surface area contributed by atoms with Crippen LogP contribution in [0.5, 0.6) is 0 Å². The highest BCUT2D eigenvalue weighted by molar-refractivity contribution is 7.89. The predicted molar refractivity (Wildman–Crippen MR) is 77.1 cm³/mol. The first kappa shape index (κ1) is 15.6. The number of aromatic nitrogens is 2. The number of sulfonamides is 1. The highest BCUT2D eigenvalue weighted by atomic mass is 32.2. The summed E-state index contributed by atoms with van der Waals surface area (Å²) in [5, 5.41) is 6.49. The minimum atomic E-state index is -3.54. The average Bonchev–Trinajstić information content (AvgIpc) is 2.94. The Morgan fingerprint density at radius 2 is 2.14 bits per heavy atom. The molecule has 0 radical (unpaired) electrons. The van der Waals surface area contributed by atoms with Gasteiger partial charge in [0, 0.05) is 19.5 Å². The fraction of sp³-hybridized carbons (Fsp3) is 0.385. The summed E-state index contributed by atoms with van der Waals surface area (Å²) in [5.74, 6) is 0.400. The lowest BCUT2D eigenvalue weighted by atomic mass is 10.1. The number of nitrogens with zero attached hydrogens (tertiary/aromatic N) is 2. The molecule has 21 heavy (non-hydrogen) atoms. The first-order valence-electron chi connectivity index (χ1n) is 6.52. The maximum absolute atomic E-state index is 12.2. The van der Waals surface area contributed by atoms with Gasteiger partial charge >= 0.3 is 0 Å². The van der Waals surface area contributed by atoms with Crippen LogP contribution in [-0.2, 0) is 23.0 Å². The molecule has 0 saturated heterocycles. The SMILES string of the molecule is CNCc1cc(S(=O)(=O)NCCc2ncno2)ccc1C. The van der Waals surface area contributed by atoms with Crippen LogP contribution >= 0.6 is 0 Å². The molecule has 1 aromatic heterocycles. The van der Waals surface area contributed by atoms with Crippen LogP contribution in [0.4, 0.5) is 0 Å². The van der Waals surface area contributed by atoms with Crippen LogP contribution in [0.3, 0.4) is 0 Å². The highest BCUT2D eigenvalue weighted by Gasteiger charge is 2.15. The Morgan fingerprint density at radius 1 is 1.33 bits per heavy atom. The molecular formula is C13H18N4O3S. The number of hydrogen-bond donors (Lipinski definition) is 2. The standard InChI is InChI=1S/C13H18N4O3S/c1-10-3-4-12(7-11(10)8-14-2)21(18,19)17-6-5-13-15-9-16-20-13/h3-4,7,9,14,17H,5-6,8H2,1-2H3. The Kier molecular flexibility index (Phi) is 5.05. The predicted octanol–water partition coefficient (Wildman–Crippen LogP) is 0.618. The molecule has 0 aliphatic heterocycles. The van der Waals surface area contributed by atoms with Crippen LogP contribution in [0.1, 0.15) is 17.0 Å². The van der Waals surface area contributed by atoms with Crippen molar-refractivity contribution in [3.63, 3.8) is 0 Å². The third kappa shape index (κ3) is 4.10. The molecule has 1 aromatic carbocycles. The van der Waals surface area contributed by atoms with Gasteiger partial charge in [-0.15, -0.1) is 0 Å². The van der Waals surface area contributed by atoms with Crippen molar-refractivity contribution in [2.24, 2.45) is 0 Å². The molecule has 2 rings (SSSR count). The van der Waals surface area contributed by atoms with Gasteiger partial charge in [0.15, 0.2) is 6.33 Å². The van der Waals surface area contributed by atoms with Crippen LogP contribution in [0.15, 0.2) is 33.9 Å². The van der Waals surface area contributed by atoms with E-state index >= 15 is 0 Å². The quantitative estimate of drug-likeness (QED) is 0.778. The second-order valence-electron chi connectivity index (χ2n) is 4.60. The largest absolute Gasteiger partial charge is 0.340 e. The normalized spacial score (nSPS) is 11.7. The number of aryl methyl sites for hydroxylation is 1. The van der Waals surface area contributed by atoms with Crippen molar-refractivity contribution in [3.8, 4) is 0 Å². The highest BCUT2D eigenvalue weighted by Crippen LogP contribution is 2.15. The molecule has 2 N–H and O–H groups in total. The molecule has 114 valence electrons. The molecule has 0 saturated carbocycles. The van der Waals surface area contributed by atoms with E-state index in [1.807, 2.05) is 14.0 Å². The van der Waals surface area contributed by atoms with Gasteiger partial charge in [-0.3, -0.25) is 0 Å². The van der Waals surface area contributed by atoms with Gasteiger partial charge in [-0.1, -0.05) is 11.2 Å². The zero-order chi connectivity index (χ0) is 15.3. The third-order valence-electron chi connectivity index (χ3n) is 3.04. The van der Waals surface area contributed by atoms with E-state index in [9.17, 15) is 8.42 Å². The summed E-state index contributed by atoms with van der Waals surface area (Å²) >= 11 is 0. The molecule has 2 aromatic rings. The molecule has 7 nitrogen and oxygen atoms in total. The smallest absolute Gasteiger partial charge is 0.240 e. The van der Waals surface area contributed by atoms with Crippen molar-refractivity contribution < 1.29 is 12.9 Å². The Hall–Kier alpha value is -1.77. The van der Waals surface area contributed by atoms with E-state index < -0.39 is 10.0 Å². The number of rotatable bonds is 7. The van der Waals surface area contributed by atoms with E-state index in [4.69, 9.17) is 4.52 Å². The van der Waals surface area contributed by atoms with Gasteiger partial charge in [-0.2, -0.15) is 4.98 Å². The molecule has 0 fully saturated rings. The van der Waals surface area contributed by atoms with Crippen LogP contribution in [0.25, 0.3) is 0 Å². The van der Waals surface area contributed by atoms with Gasteiger partial charge < -0.3 is 9.84 Å². The Bertz CT molecular complexity index is 683. The summed E-state index contributed by atoms with van der Waals surface area (Å²) in [6, 6.07) is 5.09. The van der Waals surface area contributed by atoms with Gasteiger partial charge in [-0.25, -0.2) is 13.1 Å². The first-order valence-corrected chi connectivity index (χ1v) is 8.00. The minimum Gasteiger partial charge on any atom is -0.340 e. The number of benzene rings is 1. The van der Waals surface area contributed by atoms with E-state index in [1.165, 1.54) is 6.33 Å². The fourth-order valence-corrected chi connectivity index (χ4v) is 2.96. The van der Waals surface area contributed by atoms with E-state index in [2.05, 4.69) is 20.2 Å². The van der Waals surface area contributed by atoms with Gasteiger partial charge in [0.25, 0.3) is 0 Å². The number of nitrogens with one attached hydrogen (secondary N) is 2. The molecule has 0 unspecified atom stereocenters. The summed E-state index contributed by atoms with van der Waals surface area (Å²) in [6.45, 7) is 2.78. The van der Waals surface area contributed by atoms with Gasteiger partial charge in [0.1, 0.15) is 0 Å². The summed E-state index contributed by atoms with van der Waals surface area (Å²) in [6.07, 6.45) is 1.64. The molecule has 1 heterocycles. The Morgan fingerprint density at radius 3 is 2.81 bits per heavy atom. The van der Waals surface area contributed by atoms with Crippen LogP contribution < -0.4 is 10.0 Å². The van der Waals surface area contributed by atoms with E-state index in [-0.39, 0.29) is 11.4 Å². The van der Waals surface area contributed by atoms with Crippen molar-refractivity contribution in [1.29, 1.82) is 0 Å². The zero-order valence-electron chi connectivity index (χ0n) is 12.0. The zero-order valence-corrected chi connectivity index (χ0v) is 12.8. The average molecular weight is 310 g/mol. The maximum atomic E-state index is 12.2. The van der Waals surface area contributed by atoms with Crippen molar-refractivity contribution in [2.45, 2.75) is 24.8 Å². The minimum absolute atomic E-state index is 0.208. The second kappa shape index (κ2) is 6.79. The summed E-state index contributed by atoms with van der Waals surface area (Å²) in [5.41, 5.74) is 2.01. The molecule has 0 amide bonds. The molecule has 8 heteroatoms. The summed E-state index contributed by atoms with van der Waals surface area (Å²) < 4.78 is 31.8. The second-order valence-corrected chi connectivity index (χ2v) is 6.37. The van der Waals surface area contributed by atoms with Crippen molar-refractivity contribution in [1.82, 2.24) is 20.2 Å². The van der Waals surface area contributed by atoms with Crippen LogP contribution in [0, 0.1) is 6.92 Å². The van der Waals surface area contributed by atoms with Gasteiger partial charge in [-0.05, 0) is 37.2 Å². The van der Waals surface area contributed by atoms with Gasteiger partial charge in [0.05, 0.1) is 4.90 Å². The molecule has 0 atom stereocenters. The molecule has 0 aliphatic rings. The lowest BCUT2D eigenvalue weighted by molar-refractivity contribution is 0.377. The molecule has 0 spiro atoms. The molecular weight excluding hydrogens is 292 g/mol. The molecule has 0 aliphatic carbocycles. The molecule has 0 bridgehead atoms. The Labute approximate surface area is 123 Å². The van der Waals surface area contributed by atoms with Crippen LogP contribution in [0.2, 0.25) is 0 Å². The Balaban J connectivity index is 2.06. The van der Waals surface area contributed by atoms with Crippen LogP contribution in [-0.4, -0.2) is 32.2 Å². The topological polar surface area (TPSA) is 97.1 Å². The fourth-order valence-electron chi connectivity index (χ4n) is 1.88. The van der Waals surface area contributed by atoms with Gasteiger partial charge in [0.2, 0.25) is 15.9 Å². The summed E-state index contributed by atoms with van der Waals surface area (Å²) in [7, 11) is -1.72. The lowest BCUT2D eigenvalue weighted by Gasteiger charge is -2.10. The van der Waals surface area contributed by atoms with Crippen molar-refractivity contribution >= 4 is 10.0 Å². The number of hydrogen-bond acceptors (Lipinski definition) is 6. The van der Waals surface area contributed by atoms with Crippen molar-refractivity contribution in [2.75, 3.05) is 13.6 Å². The van der Waals surface area contributed by atoms with E-state index in [1.54, 1.807) is 18.2 Å². The first-order chi connectivity index (χ1) is 10.0. The summed E-state index contributed by atoms with van der Waals surface area (Å²) in [4.78, 5) is 4.09. The monoisotopic (exact) mass is 310 g/mol.